The van der Waals surface area contributed by atoms with E-state index in [0.29, 0.717) is 11.8 Å². The molecule has 0 saturated carbocycles. The second kappa shape index (κ2) is 22.8. The zero-order chi connectivity index (χ0) is 43.5. The molecule has 0 saturated heterocycles. The second-order valence-corrected chi connectivity index (χ2v) is 20.1. The minimum Gasteiger partial charge on any atom is -0.461 e. The molecule has 2 aromatic carbocycles. The third kappa shape index (κ3) is 24.7. The fraction of sp³-hybridized carbons (Fsp3) is 0.541. The van der Waals surface area contributed by atoms with Gasteiger partial charge in [-0.3, -0.25) is 9.59 Å². The van der Waals surface area contributed by atoms with Crippen LogP contribution in [0.2, 0.25) is 19.6 Å². The number of esters is 2. The van der Waals surface area contributed by atoms with Crippen molar-refractivity contribution in [2.75, 3.05) is 0 Å². The van der Waals surface area contributed by atoms with Crippen molar-refractivity contribution in [2.45, 2.75) is 129 Å². The number of aliphatic hydroxyl groups excluding tert-OH is 1. The number of carbonyl (C=O) groups excluding carboxylic acids is 5. The first-order valence-corrected chi connectivity index (χ1v) is 20.6. The monoisotopic (exact) mass is 826 g/mol. The van der Waals surface area contributed by atoms with Crippen molar-refractivity contribution in [1.82, 2.24) is 10.6 Å². The van der Waals surface area contributed by atoms with Gasteiger partial charge in [0.1, 0.15) is 30.7 Å². The number of nitrogens with one attached hydrogen (secondary N) is 2. The van der Waals surface area contributed by atoms with Crippen molar-refractivity contribution in [3.8, 4) is 0 Å². The number of ether oxygens (including phenoxy) is 4. The Morgan fingerprint density at radius 2 is 1.04 bits per heavy atom. The number of aliphatic hydroxyl groups is 1. The molecular formula is C37H52F6N2O10Si. The van der Waals surface area contributed by atoms with E-state index >= 15 is 0 Å². The number of hydrogen-bond acceptors (Lipinski definition) is 10. The van der Waals surface area contributed by atoms with Crippen LogP contribution in [0.4, 0.5) is 35.9 Å². The van der Waals surface area contributed by atoms with E-state index in [-0.39, 0.29) is 19.6 Å². The molecule has 3 atom stereocenters. The smallest absolute Gasteiger partial charge is 0.416 e. The lowest BCUT2D eigenvalue weighted by molar-refractivity contribution is -0.212. The van der Waals surface area contributed by atoms with E-state index in [1.165, 1.54) is 40.4 Å². The summed E-state index contributed by atoms with van der Waals surface area (Å²) in [5.41, 5.74) is -0.135. The number of halogens is 6. The maximum atomic E-state index is 12.8. The SMILES string of the molecule is CC(C)(C)OC(=O)NC(C=O)CC(=O)OCc1ccccc1.CC(C)(C)OC(=O)NC(CC(=O)OCc1ccccc1)C(O)C(F)(F)F.C[Si](C)(C)C(F)(F)F. The molecule has 316 valence electrons. The number of amides is 2. The lowest BCUT2D eigenvalue weighted by Gasteiger charge is -2.27. The summed E-state index contributed by atoms with van der Waals surface area (Å²) in [6.07, 6.45) is -10.5. The summed E-state index contributed by atoms with van der Waals surface area (Å²) in [5.74, 6) is -5.50. The first kappa shape index (κ1) is 51.3. The molecule has 2 aromatic rings. The molecule has 0 aromatic heterocycles. The average Bonchev–Trinajstić information content (AvgIpc) is 3.04. The van der Waals surface area contributed by atoms with Gasteiger partial charge in [0.15, 0.2) is 14.2 Å². The van der Waals surface area contributed by atoms with Gasteiger partial charge >= 0.3 is 36.1 Å². The summed E-state index contributed by atoms with van der Waals surface area (Å²) in [6.45, 7) is 13.5. The standard InChI is InChI=1S/C17H22F3NO5.C16H21NO5.C4H9F3Si/c1-16(2,3)26-15(24)21-12(14(23)17(18,19)20)9-13(22)25-10-11-7-5-4-6-8-11;1-16(2,3)22-15(20)17-13(10-18)9-14(19)21-11-12-7-5-4-6-8-12;1-8(2,3)4(5,6)7/h4-8,12,14,23H,9-10H2,1-3H3,(H,21,24);4-8,10,13H,9,11H2,1-3H3,(H,17,20);1-3H3. The van der Waals surface area contributed by atoms with Gasteiger partial charge in [0.05, 0.1) is 24.9 Å². The summed E-state index contributed by atoms with van der Waals surface area (Å²) < 4.78 is 93.1. The van der Waals surface area contributed by atoms with Crippen LogP contribution in [0.5, 0.6) is 0 Å². The average molecular weight is 827 g/mol. The van der Waals surface area contributed by atoms with Crippen LogP contribution in [0.1, 0.15) is 65.5 Å². The Labute approximate surface area is 323 Å². The summed E-state index contributed by atoms with van der Waals surface area (Å²) >= 11 is 0. The Morgan fingerprint density at radius 1 is 0.679 bits per heavy atom. The van der Waals surface area contributed by atoms with Gasteiger partial charge in [-0.05, 0) is 52.7 Å². The predicted molar refractivity (Wildman–Crippen MR) is 196 cm³/mol. The molecular weight excluding hydrogens is 774 g/mol. The fourth-order valence-electron chi connectivity index (χ4n) is 3.47. The highest BCUT2D eigenvalue weighted by Crippen LogP contribution is 2.27. The lowest BCUT2D eigenvalue weighted by Crippen LogP contribution is -2.52. The van der Waals surface area contributed by atoms with Crippen LogP contribution in [0, 0.1) is 0 Å². The first-order chi connectivity index (χ1) is 25.4. The Kier molecular flexibility index (Phi) is 20.9. The molecule has 56 heavy (non-hydrogen) atoms. The van der Waals surface area contributed by atoms with Crippen molar-refractivity contribution >= 4 is 38.5 Å². The normalized spacial score (nSPS) is 13.4. The van der Waals surface area contributed by atoms with Crippen molar-refractivity contribution in [1.29, 1.82) is 0 Å². The van der Waals surface area contributed by atoms with E-state index in [1.54, 1.807) is 51.1 Å². The molecule has 0 heterocycles. The lowest BCUT2D eigenvalue weighted by atomic mass is 10.1. The predicted octanol–water partition coefficient (Wildman–Crippen LogP) is 7.57. The van der Waals surface area contributed by atoms with E-state index in [2.05, 4.69) is 5.32 Å². The molecule has 0 radical (unpaired) electrons. The number of benzene rings is 2. The van der Waals surface area contributed by atoms with Crippen molar-refractivity contribution in [2.24, 2.45) is 0 Å². The van der Waals surface area contributed by atoms with Gasteiger partial charge in [-0.1, -0.05) is 80.3 Å². The third-order valence-electron chi connectivity index (χ3n) is 6.39. The van der Waals surface area contributed by atoms with Gasteiger partial charge in [-0.25, -0.2) is 9.59 Å². The molecule has 0 bridgehead atoms. The summed E-state index contributed by atoms with van der Waals surface area (Å²) in [6, 6.07) is 14.8. The van der Waals surface area contributed by atoms with Gasteiger partial charge in [0, 0.05) is 0 Å². The molecule has 12 nitrogen and oxygen atoms in total. The van der Waals surface area contributed by atoms with E-state index < -0.39 is 80.0 Å². The zero-order valence-electron chi connectivity index (χ0n) is 32.8. The number of aldehydes is 1. The van der Waals surface area contributed by atoms with Crippen LogP contribution in [0.3, 0.4) is 0 Å². The number of alkyl halides is 6. The second-order valence-electron chi connectivity index (χ2n) is 15.1. The fourth-order valence-corrected chi connectivity index (χ4v) is 3.47. The summed E-state index contributed by atoms with van der Waals surface area (Å²) in [5, 5.41) is 13.6. The summed E-state index contributed by atoms with van der Waals surface area (Å²) in [4.78, 5) is 57.7. The maximum absolute atomic E-state index is 12.8. The van der Waals surface area contributed by atoms with E-state index in [4.69, 9.17) is 18.9 Å². The van der Waals surface area contributed by atoms with Crippen LogP contribution < -0.4 is 10.6 Å². The van der Waals surface area contributed by atoms with Gasteiger partial charge in [-0.2, -0.15) is 26.3 Å². The van der Waals surface area contributed by atoms with E-state index in [1.807, 2.05) is 35.6 Å². The van der Waals surface area contributed by atoms with Crippen molar-refractivity contribution in [3.63, 3.8) is 0 Å². The van der Waals surface area contributed by atoms with E-state index in [9.17, 15) is 55.4 Å². The molecule has 19 heteroatoms. The van der Waals surface area contributed by atoms with Crippen molar-refractivity contribution in [3.05, 3.63) is 71.8 Å². The van der Waals surface area contributed by atoms with Crippen molar-refractivity contribution < 1.29 is 74.4 Å². The topological polar surface area (TPSA) is 167 Å². The first-order valence-electron chi connectivity index (χ1n) is 17.1. The highest BCUT2D eigenvalue weighted by Gasteiger charge is 2.46. The number of hydrogen-bond donors (Lipinski definition) is 3. The zero-order valence-corrected chi connectivity index (χ0v) is 33.8. The molecule has 2 amide bonds. The minimum absolute atomic E-state index is 0.123. The Bertz CT molecular complexity index is 1500. The van der Waals surface area contributed by atoms with E-state index in [0.717, 1.165) is 5.56 Å². The van der Waals surface area contributed by atoms with Crippen LogP contribution in [0.25, 0.3) is 0 Å². The molecule has 2 rings (SSSR count). The Morgan fingerprint density at radius 3 is 1.36 bits per heavy atom. The van der Waals surface area contributed by atoms with Crippen LogP contribution in [0.15, 0.2) is 60.7 Å². The summed E-state index contributed by atoms with van der Waals surface area (Å²) in [7, 11) is -2.86. The largest absolute Gasteiger partial charge is 0.461 e. The quantitative estimate of drug-likeness (QED) is 0.0639. The molecule has 0 aliphatic heterocycles. The number of rotatable bonds is 12. The third-order valence-corrected chi connectivity index (χ3v) is 8.09. The number of carbonyl (C=O) groups is 5. The molecule has 3 N–H and O–H groups in total. The Balaban J connectivity index is 0.000000913. The Hall–Kier alpha value is -4.65. The highest BCUT2D eigenvalue weighted by atomic mass is 28.3. The molecule has 0 aliphatic rings. The molecule has 0 fully saturated rings. The van der Waals surface area contributed by atoms with Gasteiger partial charge < -0.3 is 39.5 Å². The molecule has 0 aliphatic carbocycles. The van der Waals surface area contributed by atoms with Gasteiger partial charge in [0.2, 0.25) is 0 Å². The van der Waals surface area contributed by atoms with Crippen LogP contribution in [-0.2, 0) is 46.5 Å². The minimum atomic E-state index is -5.03. The highest BCUT2D eigenvalue weighted by molar-refractivity contribution is 6.77. The van der Waals surface area contributed by atoms with Gasteiger partial charge in [-0.15, -0.1) is 0 Å². The molecule has 3 unspecified atom stereocenters. The van der Waals surface area contributed by atoms with Crippen LogP contribution >= 0.6 is 0 Å². The maximum Gasteiger partial charge on any atom is 0.416 e. The van der Waals surface area contributed by atoms with Gasteiger partial charge in [0.25, 0.3) is 0 Å². The number of alkyl carbamates (subject to hydrolysis) is 2. The van der Waals surface area contributed by atoms with Crippen LogP contribution in [-0.4, -0.2) is 85.0 Å². The molecule has 0 spiro atoms.